The summed E-state index contributed by atoms with van der Waals surface area (Å²) >= 11 is 0. The number of rotatable bonds is 3. The largest absolute Gasteiger partial charge is 0.309 e. The summed E-state index contributed by atoms with van der Waals surface area (Å²) in [7, 11) is 0. The highest BCUT2D eigenvalue weighted by atomic mass is 19.1. The zero-order chi connectivity index (χ0) is 17.8. The predicted octanol–water partition coefficient (Wildman–Crippen LogP) is 4.18. The lowest BCUT2D eigenvalue weighted by Crippen LogP contribution is -2.15. The lowest BCUT2D eigenvalue weighted by molar-refractivity contribution is -0.117. The molecule has 130 valence electrons. The Balaban J connectivity index is 1.48. The van der Waals surface area contributed by atoms with Crippen LogP contribution in [0.25, 0.3) is 22.9 Å². The maximum absolute atomic E-state index is 13.0. The van der Waals surface area contributed by atoms with Crippen molar-refractivity contribution in [2.45, 2.75) is 25.9 Å². The summed E-state index contributed by atoms with van der Waals surface area (Å²) in [5.41, 5.74) is 6.92. The maximum Gasteiger partial charge on any atom is 0.231 e. The molecule has 1 fully saturated rings. The van der Waals surface area contributed by atoms with Gasteiger partial charge in [-0.3, -0.25) is 4.79 Å². The van der Waals surface area contributed by atoms with Crippen LogP contribution in [0.5, 0.6) is 0 Å². The molecule has 2 aliphatic carbocycles. The van der Waals surface area contributed by atoms with E-state index in [0.29, 0.717) is 12.2 Å². The molecule has 1 amide bonds. The van der Waals surface area contributed by atoms with Gasteiger partial charge in [-0.1, -0.05) is 18.2 Å². The highest BCUT2D eigenvalue weighted by Crippen LogP contribution is 2.35. The summed E-state index contributed by atoms with van der Waals surface area (Å²) in [5, 5.41) is 2.71. The van der Waals surface area contributed by atoms with E-state index >= 15 is 0 Å². The Morgan fingerprint density at radius 3 is 2.96 bits per heavy atom. The molecular weight excluding hydrogens is 329 g/mol. The van der Waals surface area contributed by atoms with Crippen molar-refractivity contribution in [3.8, 4) is 11.1 Å². The average Bonchev–Trinajstić information content (AvgIpc) is 3.02. The number of nitrogens with zero attached hydrogens (tertiary/aromatic N) is 2. The molecular formula is C21H18FN3O. The monoisotopic (exact) mass is 347 g/mol. The minimum Gasteiger partial charge on any atom is -0.309 e. The number of nitrogens with one attached hydrogen (secondary N) is 1. The first-order valence-corrected chi connectivity index (χ1v) is 8.82. The van der Waals surface area contributed by atoms with Crippen LogP contribution in [0.2, 0.25) is 0 Å². The summed E-state index contributed by atoms with van der Waals surface area (Å²) < 4.78 is 14.9. The van der Waals surface area contributed by atoms with E-state index in [1.165, 1.54) is 22.3 Å². The molecule has 0 aliphatic heterocycles. The van der Waals surface area contributed by atoms with E-state index in [1.807, 2.05) is 22.7 Å². The number of carbonyl (C=O) groups excluding carboxylic acids is 1. The average molecular weight is 347 g/mol. The molecule has 2 heterocycles. The van der Waals surface area contributed by atoms with Crippen LogP contribution < -0.4 is 5.32 Å². The quantitative estimate of drug-likeness (QED) is 0.773. The third-order valence-electron chi connectivity index (χ3n) is 5.18. The van der Waals surface area contributed by atoms with E-state index in [2.05, 4.69) is 41.5 Å². The topological polar surface area (TPSA) is 46.4 Å². The van der Waals surface area contributed by atoms with Crippen molar-refractivity contribution in [2.24, 2.45) is 5.92 Å². The molecule has 5 heteroatoms. The Bertz CT molecular complexity index is 1080. The number of aromatic nitrogens is 2. The number of imidazole rings is 1. The van der Waals surface area contributed by atoms with Crippen molar-refractivity contribution in [1.29, 1.82) is 0 Å². The highest BCUT2D eigenvalue weighted by Gasteiger charge is 2.43. The summed E-state index contributed by atoms with van der Waals surface area (Å²) in [6.45, 7) is 2.12. The van der Waals surface area contributed by atoms with Gasteiger partial charge in [0.25, 0.3) is 0 Å². The lowest BCUT2D eigenvalue weighted by atomic mass is 9.96. The molecule has 5 rings (SSSR count). The molecule has 2 aromatic heterocycles. The highest BCUT2D eigenvalue weighted by molar-refractivity contribution is 5.94. The fraction of sp³-hybridized carbons (Fsp3) is 0.238. The van der Waals surface area contributed by atoms with Gasteiger partial charge in [-0.2, -0.15) is 0 Å². The number of hydrogen-bond donors (Lipinski definition) is 1. The summed E-state index contributed by atoms with van der Waals surface area (Å²) in [6.07, 6.45) is 8.43. The van der Waals surface area contributed by atoms with Gasteiger partial charge in [0.05, 0.1) is 12.1 Å². The van der Waals surface area contributed by atoms with Crippen molar-refractivity contribution in [3.05, 3.63) is 59.4 Å². The lowest BCUT2D eigenvalue weighted by Gasteiger charge is -2.10. The van der Waals surface area contributed by atoms with Crippen LogP contribution >= 0.6 is 0 Å². The van der Waals surface area contributed by atoms with Crippen LogP contribution in [-0.2, 0) is 11.2 Å². The van der Waals surface area contributed by atoms with Crippen LogP contribution in [-0.4, -0.2) is 21.5 Å². The van der Waals surface area contributed by atoms with Crippen molar-refractivity contribution < 1.29 is 9.18 Å². The molecule has 4 nitrogen and oxygen atoms in total. The molecule has 0 spiro atoms. The first-order chi connectivity index (χ1) is 12.6. The molecule has 3 aromatic rings. The molecule has 1 N–H and O–H groups in total. The van der Waals surface area contributed by atoms with E-state index < -0.39 is 12.1 Å². The van der Waals surface area contributed by atoms with Crippen LogP contribution in [0.3, 0.4) is 0 Å². The Morgan fingerprint density at radius 1 is 1.31 bits per heavy atom. The number of fused-ring (bicyclic) bond motifs is 2. The fourth-order valence-corrected chi connectivity index (χ4v) is 3.60. The second kappa shape index (κ2) is 5.53. The Morgan fingerprint density at radius 2 is 2.15 bits per heavy atom. The molecule has 0 radical (unpaired) electrons. The summed E-state index contributed by atoms with van der Waals surface area (Å²) in [6, 6.07) is 8.45. The molecule has 0 unspecified atom stereocenters. The number of hydrogen-bond acceptors (Lipinski definition) is 2. The normalized spacial score (nSPS) is 20.4. The first-order valence-electron chi connectivity index (χ1n) is 8.82. The van der Waals surface area contributed by atoms with Crippen molar-refractivity contribution in [3.63, 3.8) is 0 Å². The summed E-state index contributed by atoms with van der Waals surface area (Å²) in [5.74, 6) is -0.345. The number of benzene rings is 1. The van der Waals surface area contributed by atoms with Crippen molar-refractivity contribution in [2.75, 3.05) is 5.32 Å². The number of alkyl halides is 1. The van der Waals surface area contributed by atoms with Gasteiger partial charge in [-0.05, 0) is 65.8 Å². The molecule has 0 saturated heterocycles. The van der Waals surface area contributed by atoms with E-state index in [1.54, 1.807) is 6.20 Å². The van der Waals surface area contributed by atoms with Gasteiger partial charge in [-0.25, -0.2) is 9.37 Å². The molecule has 2 atom stereocenters. The molecule has 0 bridgehead atoms. The maximum atomic E-state index is 13.0. The molecule has 2 aliphatic rings. The van der Waals surface area contributed by atoms with E-state index in [9.17, 15) is 9.18 Å². The first kappa shape index (κ1) is 15.3. The van der Waals surface area contributed by atoms with E-state index in [0.717, 1.165) is 17.6 Å². The van der Waals surface area contributed by atoms with Gasteiger partial charge in [0, 0.05) is 6.20 Å². The van der Waals surface area contributed by atoms with Crippen LogP contribution in [0, 0.1) is 12.8 Å². The van der Waals surface area contributed by atoms with Gasteiger partial charge in [0.1, 0.15) is 11.8 Å². The number of aryl methyl sites for hydroxylation is 1. The standard InChI is InChI=1S/C21H18FN3O/c1-12-7-13-3-2-4-14(13)8-16(12)15-5-6-20-23-19(11-25(20)10-15)24-21(26)17-9-18(17)22/h2-3,5-8,10-11,17-18H,4,9H2,1H3,(H,24,26)/t17-,18+/m1/s1. The SMILES string of the molecule is Cc1cc2c(cc1-c1ccc3nc(NC(=O)[C@@H]4C[C@@H]4F)cn3c1)CC=C2. The molecule has 26 heavy (non-hydrogen) atoms. The second-order valence-corrected chi connectivity index (χ2v) is 7.13. The third kappa shape index (κ3) is 2.51. The number of halogens is 1. The number of allylic oxidation sites excluding steroid dienone is 1. The van der Waals surface area contributed by atoms with Crippen molar-refractivity contribution in [1.82, 2.24) is 9.38 Å². The van der Waals surface area contributed by atoms with Crippen LogP contribution in [0.15, 0.2) is 42.7 Å². The predicted molar refractivity (Wildman–Crippen MR) is 99.7 cm³/mol. The number of carbonyl (C=O) groups is 1. The van der Waals surface area contributed by atoms with Gasteiger partial charge in [0.15, 0.2) is 5.82 Å². The second-order valence-electron chi connectivity index (χ2n) is 7.13. The molecule has 1 saturated carbocycles. The van der Waals surface area contributed by atoms with Gasteiger partial charge in [0.2, 0.25) is 5.91 Å². The van der Waals surface area contributed by atoms with Crippen molar-refractivity contribution >= 4 is 23.4 Å². The number of amides is 1. The number of anilines is 1. The van der Waals surface area contributed by atoms with Crippen LogP contribution in [0.4, 0.5) is 10.2 Å². The summed E-state index contributed by atoms with van der Waals surface area (Å²) in [4.78, 5) is 16.3. The van der Waals surface area contributed by atoms with E-state index in [4.69, 9.17) is 0 Å². The van der Waals surface area contributed by atoms with Gasteiger partial charge in [-0.15, -0.1) is 0 Å². The van der Waals surface area contributed by atoms with Crippen LogP contribution in [0.1, 0.15) is 23.1 Å². The zero-order valence-electron chi connectivity index (χ0n) is 14.4. The Hall–Kier alpha value is -2.95. The Kier molecular flexibility index (Phi) is 3.26. The number of pyridine rings is 1. The van der Waals surface area contributed by atoms with Gasteiger partial charge >= 0.3 is 0 Å². The third-order valence-corrected chi connectivity index (χ3v) is 5.18. The smallest absolute Gasteiger partial charge is 0.231 e. The minimum absolute atomic E-state index is 0.289. The molecule has 1 aromatic carbocycles. The Labute approximate surface area is 150 Å². The van der Waals surface area contributed by atoms with Gasteiger partial charge < -0.3 is 9.72 Å². The minimum atomic E-state index is -1.00. The van der Waals surface area contributed by atoms with E-state index in [-0.39, 0.29) is 5.91 Å². The zero-order valence-corrected chi connectivity index (χ0v) is 14.4. The fourth-order valence-electron chi connectivity index (χ4n) is 3.60.